The first-order valence-corrected chi connectivity index (χ1v) is 9.08. The number of carbonyl (C=O) groups is 1. The zero-order chi connectivity index (χ0) is 17.3. The molecule has 0 unspecified atom stereocenters. The maximum atomic E-state index is 12.6. The first kappa shape index (κ1) is 16.9. The zero-order valence-corrected chi connectivity index (χ0v) is 15.9. The number of nitrogens with zero attached hydrogens (tertiary/aromatic N) is 5. The summed E-state index contributed by atoms with van der Waals surface area (Å²) in [5.41, 5.74) is 3.75. The Balaban J connectivity index is 1.84. The van der Waals surface area contributed by atoms with E-state index in [0.29, 0.717) is 10.9 Å². The summed E-state index contributed by atoms with van der Waals surface area (Å²) in [6.07, 6.45) is 0. The summed E-state index contributed by atoms with van der Waals surface area (Å²) in [7, 11) is 1.76. The summed E-state index contributed by atoms with van der Waals surface area (Å²) in [5, 5.41) is 11.9. The monoisotopic (exact) mass is 405 g/mol. The minimum atomic E-state index is 0.0689. The number of aromatic nitrogens is 5. The SMILES string of the molecule is Cc1cc(C(=O)CSc2nnnn2C)c(C)n1-c1ccc(Br)cc1. The van der Waals surface area contributed by atoms with E-state index < -0.39 is 0 Å². The predicted octanol–water partition coefficient (Wildman–Crippen LogP) is 3.36. The summed E-state index contributed by atoms with van der Waals surface area (Å²) in [6.45, 7) is 3.97. The lowest BCUT2D eigenvalue weighted by Gasteiger charge is -2.10. The second-order valence-electron chi connectivity index (χ2n) is 5.39. The molecule has 0 amide bonds. The Labute approximate surface area is 152 Å². The molecule has 0 fully saturated rings. The number of thioether (sulfide) groups is 1. The van der Waals surface area contributed by atoms with E-state index in [1.165, 1.54) is 11.8 Å². The van der Waals surface area contributed by atoms with Crippen molar-refractivity contribution in [1.82, 2.24) is 24.8 Å². The van der Waals surface area contributed by atoms with E-state index in [1.54, 1.807) is 11.7 Å². The van der Waals surface area contributed by atoms with Gasteiger partial charge in [-0.1, -0.05) is 27.7 Å². The third kappa shape index (κ3) is 3.29. The summed E-state index contributed by atoms with van der Waals surface area (Å²) in [4.78, 5) is 12.6. The number of halogens is 1. The van der Waals surface area contributed by atoms with Crippen molar-refractivity contribution in [2.45, 2.75) is 19.0 Å². The molecule has 8 heteroatoms. The van der Waals surface area contributed by atoms with Gasteiger partial charge in [0.25, 0.3) is 0 Å². The van der Waals surface area contributed by atoms with Crippen LogP contribution in [0.25, 0.3) is 5.69 Å². The zero-order valence-electron chi connectivity index (χ0n) is 13.5. The van der Waals surface area contributed by atoms with E-state index >= 15 is 0 Å². The van der Waals surface area contributed by atoms with Crippen LogP contribution in [-0.4, -0.2) is 36.3 Å². The molecule has 0 radical (unpaired) electrons. The predicted molar refractivity (Wildman–Crippen MR) is 96.8 cm³/mol. The van der Waals surface area contributed by atoms with Gasteiger partial charge in [0.1, 0.15) is 0 Å². The third-order valence-electron chi connectivity index (χ3n) is 3.73. The Morgan fingerprint density at radius 2 is 1.96 bits per heavy atom. The molecule has 0 saturated carbocycles. The minimum Gasteiger partial charge on any atom is -0.318 e. The smallest absolute Gasteiger partial charge is 0.209 e. The molecule has 0 aliphatic rings. The molecule has 0 saturated heterocycles. The molecular weight excluding hydrogens is 390 g/mol. The van der Waals surface area contributed by atoms with Gasteiger partial charge in [-0.15, -0.1) is 5.10 Å². The molecule has 0 aliphatic heterocycles. The van der Waals surface area contributed by atoms with Gasteiger partial charge in [-0.2, -0.15) is 0 Å². The molecule has 2 aromatic heterocycles. The van der Waals surface area contributed by atoms with Crippen molar-refractivity contribution in [3.8, 4) is 5.69 Å². The first-order chi connectivity index (χ1) is 11.5. The van der Waals surface area contributed by atoms with Gasteiger partial charge in [-0.05, 0) is 54.6 Å². The Hall–Kier alpha value is -1.93. The van der Waals surface area contributed by atoms with Gasteiger partial charge in [-0.3, -0.25) is 4.79 Å². The number of aryl methyl sites for hydroxylation is 2. The molecule has 0 N–H and O–H groups in total. The first-order valence-electron chi connectivity index (χ1n) is 7.30. The number of ketones is 1. The summed E-state index contributed by atoms with van der Waals surface area (Å²) < 4.78 is 4.68. The van der Waals surface area contributed by atoms with Gasteiger partial charge in [0.05, 0.1) is 5.75 Å². The van der Waals surface area contributed by atoms with Crippen LogP contribution >= 0.6 is 27.7 Å². The highest BCUT2D eigenvalue weighted by Crippen LogP contribution is 2.24. The molecule has 1 aromatic carbocycles. The number of hydrogen-bond acceptors (Lipinski definition) is 5. The van der Waals surface area contributed by atoms with Gasteiger partial charge in [-0.25, -0.2) is 4.68 Å². The van der Waals surface area contributed by atoms with Crippen LogP contribution in [0, 0.1) is 13.8 Å². The largest absolute Gasteiger partial charge is 0.318 e. The van der Waals surface area contributed by atoms with Crippen LogP contribution in [0.15, 0.2) is 40.0 Å². The van der Waals surface area contributed by atoms with Crippen molar-refractivity contribution in [3.05, 3.63) is 51.8 Å². The second kappa shape index (κ2) is 6.90. The molecule has 124 valence electrons. The number of benzene rings is 1. The lowest BCUT2D eigenvalue weighted by molar-refractivity contribution is 0.102. The Kier molecular flexibility index (Phi) is 4.86. The highest BCUT2D eigenvalue weighted by atomic mass is 79.9. The van der Waals surface area contributed by atoms with Crippen LogP contribution in [-0.2, 0) is 7.05 Å². The number of tetrazole rings is 1. The summed E-state index contributed by atoms with van der Waals surface area (Å²) in [5.74, 6) is 0.373. The highest BCUT2D eigenvalue weighted by Gasteiger charge is 2.17. The number of Topliss-reactive ketones (excluding diaryl/α,β-unsaturated/α-hetero) is 1. The molecule has 6 nitrogen and oxygen atoms in total. The fourth-order valence-electron chi connectivity index (χ4n) is 2.58. The molecule has 3 rings (SSSR count). The van der Waals surface area contributed by atoms with E-state index in [2.05, 4.69) is 36.0 Å². The average Bonchev–Trinajstić information content (AvgIpc) is 3.09. The summed E-state index contributed by atoms with van der Waals surface area (Å²) in [6, 6.07) is 9.98. The molecule has 0 aliphatic carbocycles. The van der Waals surface area contributed by atoms with E-state index in [0.717, 1.165) is 27.1 Å². The number of hydrogen-bond donors (Lipinski definition) is 0. The third-order valence-corrected chi connectivity index (χ3v) is 5.27. The molecular formula is C16H16BrN5OS. The fraction of sp³-hybridized carbons (Fsp3) is 0.250. The van der Waals surface area contributed by atoms with Gasteiger partial charge in [0, 0.05) is 34.2 Å². The normalized spacial score (nSPS) is 11.0. The molecule has 0 bridgehead atoms. The molecule has 0 atom stereocenters. The topological polar surface area (TPSA) is 65.6 Å². The Morgan fingerprint density at radius 1 is 1.25 bits per heavy atom. The van der Waals surface area contributed by atoms with Crippen molar-refractivity contribution in [2.24, 2.45) is 7.05 Å². The molecule has 3 aromatic rings. The van der Waals surface area contributed by atoms with Crippen molar-refractivity contribution in [2.75, 3.05) is 5.75 Å². The highest BCUT2D eigenvalue weighted by molar-refractivity contribution is 9.10. The van der Waals surface area contributed by atoms with E-state index in [-0.39, 0.29) is 5.78 Å². The van der Waals surface area contributed by atoms with E-state index in [4.69, 9.17) is 0 Å². The quantitative estimate of drug-likeness (QED) is 0.480. The van der Waals surface area contributed by atoms with Crippen LogP contribution < -0.4 is 0 Å². The fourth-order valence-corrected chi connectivity index (χ4v) is 3.58. The van der Waals surface area contributed by atoms with Crippen molar-refractivity contribution < 1.29 is 4.79 Å². The second-order valence-corrected chi connectivity index (χ2v) is 7.25. The molecule has 24 heavy (non-hydrogen) atoms. The van der Waals surface area contributed by atoms with Crippen molar-refractivity contribution in [3.63, 3.8) is 0 Å². The molecule has 2 heterocycles. The average molecular weight is 406 g/mol. The van der Waals surface area contributed by atoms with Crippen LogP contribution in [0.3, 0.4) is 0 Å². The lowest BCUT2D eigenvalue weighted by Crippen LogP contribution is -2.06. The van der Waals surface area contributed by atoms with Crippen molar-refractivity contribution >= 4 is 33.5 Å². The molecule has 0 spiro atoms. The van der Waals surface area contributed by atoms with Crippen LogP contribution in [0.1, 0.15) is 21.7 Å². The maximum absolute atomic E-state index is 12.6. The minimum absolute atomic E-state index is 0.0689. The number of rotatable bonds is 5. The summed E-state index contributed by atoms with van der Waals surface area (Å²) >= 11 is 4.78. The van der Waals surface area contributed by atoms with Crippen LogP contribution in [0.5, 0.6) is 0 Å². The Bertz CT molecular complexity index is 885. The van der Waals surface area contributed by atoms with Crippen LogP contribution in [0.2, 0.25) is 0 Å². The van der Waals surface area contributed by atoms with Gasteiger partial charge >= 0.3 is 0 Å². The van der Waals surface area contributed by atoms with Gasteiger partial charge in [0.2, 0.25) is 5.16 Å². The lowest BCUT2D eigenvalue weighted by atomic mass is 10.2. The van der Waals surface area contributed by atoms with Crippen LogP contribution in [0.4, 0.5) is 0 Å². The van der Waals surface area contributed by atoms with Crippen molar-refractivity contribution in [1.29, 1.82) is 0 Å². The van der Waals surface area contributed by atoms with Gasteiger partial charge in [0.15, 0.2) is 5.78 Å². The number of carbonyl (C=O) groups excluding carboxylic acids is 1. The van der Waals surface area contributed by atoms with E-state index in [1.807, 2.05) is 44.2 Å². The standard InChI is InChI=1S/C16H16BrN5OS/c1-10-8-14(15(23)9-24-16-18-19-20-21(16)3)11(2)22(10)13-6-4-12(17)5-7-13/h4-8H,9H2,1-3H3. The maximum Gasteiger partial charge on any atom is 0.209 e. The van der Waals surface area contributed by atoms with Gasteiger partial charge < -0.3 is 4.57 Å². The Morgan fingerprint density at radius 3 is 2.58 bits per heavy atom. The van der Waals surface area contributed by atoms with E-state index in [9.17, 15) is 4.79 Å².